The Morgan fingerprint density at radius 2 is 2.24 bits per heavy atom. The third-order valence-electron chi connectivity index (χ3n) is 3.15. The minimum atomic E-state index is -0.0831. The minimum absolute atomic E-state index is 0.0831. The first-order valence-electron chi connectivity index (χ1n) is 7.01. The second kappa shape index (κ2) is 9.22. The molecule has 0 saturated carbocycles. The number of nitriles is 1. The topological polar surface area (TPSA) is 82.2 Å². The molecule has 3 N–H and O–H groups in total. The number of rotatable bonds is 8. The zero-order chi connectivity index (χ0) is 15.7. The summed E-state index contributed by atoms with van der Waals surface area (Å²) in [5, 5.41) is 11.9. The second-order valence-corrected chi connectivity index (χ2v) is 5.16. The van der Waals surface area contributed by atoms with E-state index >= 15 is 0 Å². The number of nitrogen functional groups attached to an aromatic ring is 1. The number of hydrogen-bond acceptors (Lipinski definition) is 4. The van der Waals surface area contributed by atoms with Crippen LogP contribution < -0.4 is 11.1 Å². The summed E-state index contributed by atoms with van der Waals surface area (Å²) in [5.74, 6) is -0.0831. The summed E-state index contributed by atoms with van der Waals surface area (Å²) < 4.78 is 0. The maximum Gasteiger partial charge on any atom is 0.224 e. The lowest BCUT2D eigenvalue weighted by Crippen LogP contribution is -2.26. The molecule has 0 fully saturated rings. The summed E-state index contributed by atoms with van der Waals surface area (Å²) in [5.41, 5.74) is 6.82. The number of amides is 1. The Morgan fingerprint density at radius 3 is 2.90 bits per heavy atom. The van der Waals surface area contributed by atoms with Gasteiger partial charge in [-0.25, -0.2) is 0 Å². The fraction of sp³-hybridized carbons (Fsp3) is 0.467. The molecule has 1 amide bonds. The number of nitrogens with one attached hydrogen (secondary N) is 1. The number of benzene rings is 1. The summed E-state index contributed by atoms with van der Waals surface area (Å²) in [7, 11) is 0. The van der Waals surface area contributed by atoms with Gasteiger partial charge < -0.3 is 16.0 Å². The number of nitrogens with two attached hydrogens (primary N) is 1. The van der Waals surface area contributed by atoms with Crippen molar-refractivity contribution in [3.05, 3.63) is 23.2 Å². The number of carbonyl (C=O) groups is 1. The van der Waals surface area contributed by atoms with Crippen LogP contribution in [0.2, 0.25) is 5.02 Å². The van der Waals surface area contributed by atoms with E-state index in [1.807, 2.05) is 6.92 Å². The lowest BCUT2D eigenvalue weighted by atomic mass is 10.2. The molecule has 6 heteroatoms. The molecule has 1 rings (SSSR count). The third-order valence-corrected chi connectivity index (χ3v) is 3.39. The van der Waals surface area contributed by atoms with Crippen LogP contribution in [0.4, 0.5) is 11.4 Å². The van der Waals surface area contributed by atoms with E-state index in [0.29, 0.717) is 29.2 Å². The van der Waals surface area contributed by atoms with E-state index in [-0.39, 0.29) is 5.91 Å². The Bertz CT molecular complexity index is 513. The molecule has 0 unspecified atom stereocenters. The first kappa shape index (κ1) is 17.3. The van der Waals surface area contributed by atoms with Gasteiger partial charge in [-0.2, -0.15) is 5.26 Å². The van der Waals surface area contributed by atoms with E-state index in [0.717, 1.165) is 26.1 Å². The lowest BCUT2D eigenvalue weighted by Gasteiger charge is -2.18. The van der Waals surface area contributed by atoms with Crippen LogP contribution in [0.1, 0.15) is 26.2 Å². The highest BCUT2D eigenvalue weighted by molar-refractivity contribution is 6.31. The highest BCUT2D eigenvalue weighted by atomic mass is 35.5. The van der Waals surface area contributed by atoms with E-state index in [1.165, 1.54) is 0 Å². The van der Waals surface area contributed by atoms with Gasteiger partial charge in [0.1, 0.15) is 0 Å². The van der Waals surface area contributed by atoms with Crippen molar-refractivity contribution in [1.29, 1.82) is 5.26 Å². The van der Waals surface area contributed by atoms with Crippen molar-refractivity contribution in [3.8, 4) is 6.07 Å². The predicted octanol–water partition coefficient (Wildman–Crippen LogP) is 2.88. The van der Waals surface area contributed by atoms with Crippen LogP contribution in [0.3, 0.4) is 0 Å². The van der Waals surface area contributed by atoms with Gasteiger partial charge in [-0.05, 0) is 37.7 Å². The molecule has 0 radical (unpaired) electrons. The highest BCUT2D eigenvalue weighted by Gasteiger charge is 2.07. The maximum atomic E-state index is 11.9. The van der Waals surface area contributed by atoms with Crippen molar-refractivity contribution in [2.75, 3.05) is 30.7 Å². The summed E-state index contributed by atoms with van der Waals surface area (Å²) in [6.07, 6.45) is 1.67. The van der Waals surface area contributed by atoms with Gasteiger partial charge in [-0.15, -0.1) is 0 Å². The average Bonchev–Trinajstić information content (AvgIpc) is 2.46. The van der Waals surface area contributed by atoms with Crippen LogP contribution in [0, 0.1) is 11.3 Å². The van der Waals surface area contributed by atoms with Gasteiger partial charge in [0.2, 0.25) is 5.91 Å². The zero-order valence-corrected chi connectivity index (χ0v) is 13.0. The summed E-state index contributed by atoms with van der Waals surface area (Å²) in [6, 6.07) is 7.11. The molecule has 1 aromatic rings. The molecular formula is C15H21ClN4O. The number of nitrogens with zero attached hydrogens (tertiary/aromatic N) is 2. The largest absolute Gasteiger partial charge is 0.397 e. The van der Waals surface area contributed by atoms with E-state index in [2.05, 4.69) is 16.3 Å². The van der Waals surface area contributed by atoms with Crippen molar-refractivity contribution in [3.63, 3.8) is 0 Å². The molecule has 0 spiro atoms. The fourth-order valence-electron chi connectivity index (χ4n) is 1.95. The second-order valence-electron chi connectivity index (χ2n) is 4.73. The van der Waals surface area contributed by atoms with Crippen LogP contribution in [-0.4, -0.2) is 30.4 Å². The molecule has 0 aliphatic rings. The molecule has 0 heterocycles. The number of halogens is 1. The van der Waals surface area contributed by atoms with Crippen LogP contribution >= 0.6 is 11.6 Å². The van der Waals surface area contributed by atoms with E-state index in [1.54, 1.807) is 18.2 Å². The van der Waals surface area contributed by atoms with Crippen molar-refractivity contribution in [2.45, 2.75) is 26.2 Å². The van der Waals surface area contributed by atoms with Gasteiger partial charge in [-0.1, -0.05) is 18.5 Å². The molecule has 0 aliphatic heterocycles. The minimum Gasteiger partial charge on any atom is -0.397 e. The lowest BCUT2D eigenvalue weighted by molar-refractivity contribution is -0.116. The number of carbonyl (C=O) groups excluding carboxylic acids is 1. The Hall–Kier alpha value is -1.77. The van der Waals surface area contributed by atoms with Crippen molar-refractivity contribution in [1.82, 2.24) is 4.90 Å². The molecule has 5 nitrogen and oxygen atoms in total. The molecular weight excluding hydrogens is 288 g/mol. The normalized spacial score (nSPS) is 10.4. The quantitative estimate of drug-likeness (QED) is 0.723. The van der Waals surface area contributed by atoms with Crippen molar-refractivity contribution in [2.24, 2.45) is 0 Å². The monoisotopic (exact) mass is 308 g/mol. The van der Waals surface area contributed by atoms with E-state index < -0.39 is 0 Å². The predicted molar refractivity (Wildman–Crippen MR) is 86.1 cm³/mol. The average molecular weight is 309 g/mol. The molecule has 0 saturated heterocycles. The standard InChI is InChI=1S/C15H21ClN4O/c1-2-20(10-4-8-17)9-3-5-15(21)19-14-11-12(16)6-7-13(14)18/h6-7,11H,2-5,9-10,18H2,1H3,(H,19,21). The van der Waals surface area contributed by atoms with Gasteiger partial charge in [0, 0.05) is 24.4 Å². The molecule has 1 aromatic carbocycles. The van der Waals surface area contributed by atoms with E-state index in [4.69, 9.17) is 22.6 Å². The highest BCUT2D eigenvalue weighted by Crippen LogP contribution is 2.23. The maximum absolute atomic E-state index is 11.9. The number of hydrogen-bond donors (Lipinski definition) is 2. The van der Waals surface area contributed by atoms with E-state index in [9.17, 15) is 4.79 Å². The molecule has 0 atom stereocenters. The van der Waals surface area contributed by atoms with Crippen LogP contribution in [0.15, 0.2) is 18.2 Å². The fourth-order valence-corrected chi connectivity index (χ4v) is 2.12. The van der Waals surface area contributed by atoms with Gasteiger partial charge in [-0.3, -0.25) is 4.79 Å². The Kier molecular flexibility index (Phi) is 7.59. The first-order chi connectivity index (χ1) is 10.1. The van der Waals surface area contributed by atoms with Crippen molar-refractivity contribution < 1.29 is 4.79 Å². The molecule has 0 aliphatic carbocycles. The first-order valence-corrected chi connectivity index (χ1v) is 7.38. The summed E-state index contributed by atoms with van der Waals surface area (Å²) in [4.78, 5) is 14.0. The molecule has 0 aromatic heterocycles. The molecule has 21 heavy (non-hydrogen) atoms. The Morgan fingerprint density at radius 1 is 1.48 bits per heavy atom. The smallest absolute Gasteiger partial charge is 0.224 e. The number of anilines is 2. The summed E-state index contributed by atoms with van der Waals surface area (Å²) >= 11 is 5.87. The van der Waals surface area contributed by atoms with Crippen LogP contribution in [-0.2, 0) is 4.79 Å². The zero-order valence-electron chi connectivity index (χ0n) is 12.2. The van der Waals surface area contributed by atoms with Crippen molar-refractivity contribution >= 4 is 28.9 Å². The van der Waals surface area contributed by atoms with Gasteiger partial charge in [0.25, 0.3) is 0 Å². The SMILES string of the molecule is CCN(CCC#N)CCCC(=O)Nc1cc(Cl)ccc1N. The van der Waals surface area contributed by atoms with Crippen LogP contribution in [0.25, 0.3) is 0 Å². The summed E-state index contributed by atoms with van der Waals surface area (Å²) in [6.45, 7) is 4.47. The van der Waals surface area contributed by atoms with Crippen LogP contribution in [0.5, 0.6) is 0 Å². The Labute approximate surface area is 130 Å². The van der Waals surface area contributed by atoms with Gasteiger partial charge in [0.05, 0.1) is 17.4 Å². The third kappa shape index (κ3) is 6.48. The Balaban J connectivity index is 2.37. The molecule has 0 bridgehead atoms. The molecule has 114 valence electrons. The van der Waals surface area contributed by atoms with Gasteiger partial charge in [0.15, 0.2) is 0 Å². The van der Waals surface area contributed by atoms with Gasteiger partial charge >= 0.3 is 0 Å².